The summed E-state index contributed by atoms with van der Waals surface area (Å²) in [7, 11) is 0. The Balaban J connectivity index is 1.46. The Morgan fingerprint density at radius 2 is 1.69 bits per heavy atom. The van der Waals surface area contributed by atoms with Crippen LogP contribution < -0.4 is 16.3 Å². The van der Waals surface area contributed by atoms with Crippen LogP contribution in [0.15, 0.2) is 94.2 Å². The highest BCUT2D eigenvalue weighted by molar-refractivity contribution is 7.80. The lowest BCUT2D eigenvalue weighted by atomic mass is 10.1. The van der Waals surface area contributed by atoms with Gasteiger partial charge in [0.1, 0.15) is 5.58 Å². The van der Waals surface area contributed by atoms with E-state index in [1.165, 1.54) is 6.08 Å². The van der Waals surface area contributed by atoms with Crippen molar-refractivity contribution in [2.24, 2.45) is 0 Å². The molecule has 4 rings (SSSR count). The molecule has 7 heteroatoms. The first-order valence-electron chi connectivity index (χ1n) is 9.67. The first-order chi connectivity index (χ1) is 15.5. The average Bonchev–Trinajstić information content (AvgIpc) is 2.78. The lowest BCUT2D eigenvalue weighted by Crippen LogP contribution is -2.32. The number of amides is 1. The van der Waals surface area contributed by atoms with Gasteiger partial charge < -0.3 is 9.73 Å². The van der Waals surface area contributed by atoms with Crippen molar-refractivity contribution in [2.45, 2.75) is 0 Å². The molecule has 0 aliphatic carbocycles. The lowest BCUT2D eigenvalue weighted by Gasteiger charge is -2.11. The molecule has 0 bridgehead atoms. The minimum atomic E-state index is -0.473. The van der Waals surface area contributed by atoms with Crippen molar-refractivity contribution >= 4 is 57.6 Å². The Labute approximate surface area is 194 Å². The molecular weight excluding hydrogens is 444 g/mol. The fourth-order valence-corrected chi connectivity index (χ4v) is 3.61. The molecule has 0 saturated carbocycles. The van der Waals surface area contributed by atoms with Gasteiger partial charge >= 0.3 is 5.63 Å². The average molecular weight is 461 g/mol. The van der Waals surface area contributed by atoms with Gasteiger partial charge in [-0.2, -0.15) is 0 Å². The molecule has 1 amide bonds. The van der Waals surface area contributed by atoms with Crippen molar-refractivity contribution in [1.82, 2.24) is 5.32 Å². The van der Waals surface area contributed by atoms with Gasteiger partial charge in [-0.15, -0.1) is 0 Å². The quantitative estimate of drug-likeness (QED) is 0.234. The van der Waals surface area contributed by atoms with Crippen LogP contribution in [0.1, 0.15) is 5.56 Å². The zero-order valence-corrected chi connectivity index (χ0v) is 18.2. The van der Waals surface area contributed by atoms with E-state index in [0.717, 1.165) is 10.9 Å². The number of benzene rings is 3. The predicted molar refractivity (Wildman–Crippen MR) is 133 cm³/mol. The topological polar surface area (TPSA) is 71.3 Å². The van der Waals surface area contributed by atoms with Crippen LogP contribution >= 0.6 is 23.8 Å². The lowest BCUT2D eigenvalue weighted by molar-refractivity contribution is -0.115. The smallest absolute Gasteiger partial charge is 0.344 e. The largest absolute Gasteiger partial charge is 0.422 e. The molecule has 0 radical (unpaired) electrons. The molecule has 5 nitrogen and oxygen atoms in total. The van der Waals surface area contributed by atoms with E-state index in [1.54, 1.807) is 42.5 Å². The van der Waals surface area contributed by atoms with Gasteiger partial charge in [-0.3, -0.25) is 10.1 Å². The number of thiocarbonyl (C=S) groups is 1. The molecule has 0 spiro atoms. The third-order valence-electron chi connectivity index (χ3n) is 4.62. The van der Waals surface area contributed by atoms with Crippen molar-refractivity contribution in [1.29, 1.82) is 0 Å². The number of anilines is 1. The molecule has 2 N–H and O–H groups in total. The Kier molecular flexibility index (Phi) is 6.44. The van der Waals surface area contributed by atoms with E-state index in [1.807, 2.05) is 42.5 Å². The van der Waals surface area contributed by atoms with Gasteiger partial charge in [0, 0.05) is 22.7 Å². The van der Waals surface area contributed by atoms with E-state index in [0.29, 0.717) is 27.4 Å². The highest BCUT2D eigenvalue weighted by Crippen LogP contribution is 2.30. The van der Waals surface area contributed by atoms with Crippen LogP contribution in [0.25, 0.3) is 28.2 Å². The molecule has 3 aromatic carbocycles. The molecule has 32 heavy (non-hydrogen) atoms. The monoisotopic (exact) mass is 460 g/mol. The van der Waals surface area contributed by atoms with E-state index >= 15 is 0 Å². The van der Waals surface area contributed by atoms with Crippen LogP contribution in [0.4, 0.5) is 5.69 Å². The first kappa shape index (κ1) is 21.5. The van der Waals surface area contributed by atoms with Gasteiger partial charge in [0.25, 0.3) is 0 Å². The second-order valence-corrected chi connectivity index (χ2v) is 7.68. The first-order valence-corrected chi connectivity index (χ1v) is 10.5. The number of hydrogen-bond acceptors (Lipinski definition) is 4. The number of fused-ring (bicyclic) bond motifs is 1. The minimum absolute atomic E-state index is 0.127. The summed E-state index contributed by atoms with van der Waals surface area (Å²) in [6.07, 6.45) is 3.09. The minimum Gasteiger partial charge on any atom is -0.422 e. The Hall–Kier alpha value is -3.74. The molecule has 0 fully saturated rings. The molecule has 0 aliphatic rings. The third kappa shape index (κ3) is 5.11. The molecule has 1 aromatic heterocycles. The van der Waals surface area contributed by atoms with Crippen molar-refractivity contribution in [3.05, 3.63) is 106 Å². The molecule has 4 aromatic rings. The zero-order valence-electron chi connectivity index (χ0n) is 16.7. The van der Waals surface area contributed by atoms with Gasteiger partial charge in [-0.25, -0.2) is 4.79 Å². The molecular formula is C25H17ClN2O3S. The van der Waals surface area contributed by atoms with Gasteiger partial charge in [-0.05, 0) is 48.1 Å². The van der Waals surface area contributed by atoms with Crippen LogP contribution in [-0.4, -0.2) is 11.0 Å². The van der Waals surface area contributed by atoms with Gasteiger partial charge in [0.2, 0.25) is 5.91 Å². The van der Waals surface area contributed by atoms with E-state index in [-0.39, 0.29) is 11.0 Å². The maximum Gasteiger partial charge on any atom is 0.344 e. The summed E-state index contributed by atoms with van der Waals surface area (Å²) in [6, 6.07) is 23.5. The second kappa shape index (κ2) is 9.60. The summed E-state index contributed by atoms with van der Waals surface area (Å²) in [5, 5.41) is 6.76. The third-order valence-corrected chi connectivity index (χ3v) is 5.14. The normalized spacial score (nSPS) is 10.9. The van der Waals surface area contributed by atoms with Crippen molar-refractivity contribution < 1.29 is 9.21 Å². The fourth-order valence-electron chi connectivity index (χ4n) is 3.11. The van der Waals surface area contributed by atoms with E-state index < -0.39 is 5.63 Å². The van der Waals surface area contributed by atoms with Gasteiger partial charge in [-0.1, -0.05) is 66.2 Å². The highest BCUT2D eigenvalue weighted by Gasteiger charge is 2.12. The Bertz CT molecular complexity index is 1400. The van der Waals surface area contributed by atoms with Crippen LogP contribution in [-0.2, 0) is 4.79 Å². The van der Waals surface area contributed by atoms with Gasteiger partial charge in [0.15, 0.2) is 5.11 Å². The predicted octanol–water partition coefficient (Wildman–Crippen LogP) is 5.64. The Morgan fingerprint density at radius 1 is 0.938 bits per heavy atom. The Morgan fingerprint density at radius 3 is 2.47 bits per heavy atom. The maximum absolute atomic E-state index is 12.4. The second-order valence-electron chi connectivity index (χ2n) is 6.87. The summed E-state index contributed by atoms with van der Waals surface area (Å²) in [5.74, 6) is -0.358. The molecule has 0 atom stereocenters. The fraction of sp³-hybridized carbons (Fsp3) is 0. The van der Waals surface area contributed by atoms with E-state index in [9.17, 15) is 9.59 Å². The maximum atomic E-state index is 12.4. The van der Waals surface area contributed by atoms with Crippen LogP contribution in [0.5, 0.6) is 0 Å². The summed E-state index contributed by atoms with van der Waals surface area (Å²) in [4.78, 5) is 24.5. The number of carbonyl (C=O) groups excluding carboxylic acids is 1. The zero-order chi connectivity index (χ0) is 22.5. The molecule has 158 valence electrons. The number of nitrogens with one attached hydrogen (secondary N) is 2. The standard InChI is InChI=1S/C25H17ClN2O3S/c26-21-15-18(27-25(32)28-23(29)13-10-16-6-2-1-3-7-16)11-12-19(21)20-14-17-8-4-5-9-22(17)31-24(20)30/h1-15H,(H2,27,28,29,32)/b13-10+. The number of hydrogen-bond donors (Lipinski definition) is 2. The van der Waals surface area contributed by atoms with Crippen molar-refractivity contribution in [2.75, 3.05) is 5.32 Å². The van der Waals surface area contributed by atoms with E-state index in [2.05, 4.69) is 10.6 Å². The van der Waals surface area contributed by atoms with Crippen LogP contribution in [0.2, 0.25) is 5.02 Å². The summed E-state index contributed by atoms with van der Waals surface area (Å²) in [5.41, 5.74) is 2.42. The number of rotatable bonds is 4. The number of carbonyl (C=O) groups is 1. The molecule has 0 unspecified atom stereocenters. The van der Waals surface area contributed by atoms with Gasteiger partial charge in [0.05, 0.1) is 10.6 Å². The summed E-state index contributed by atoms with van der Waals surface area (Å²) < 4.78 is 5.39. The number of para-hydroxylation sites is 1. The van der Waals surface area contributed by atoms with Crippen molar-refractivity contribution in [3.63, 3.8) is 0 Å². The van der Waals surface area contributed by atoms with Crippen molar-refractivity contribution in [3.8, 4) is 11.1 Å². The molecule has 0 saturated heterocycles. The SMILES string of the molecule is O=C(/C=C/c1ccccc1)NC(=S)Nc1ccc(-c2cc3ccccc3oc2=O)c(Cl)c1. The molecule has 0 aliphatic heterocycles. The summed E-state index contributed by atoms with van der Waals surface area (Å²) in [6.45, 7) is 0. The molecule has 1 heterocycles. The highest BCUT2D eigenvalue weighted by atomic mass is 35.5. The summed E-state index contributed by atoms with van der Waals surface area (Å²) >= 11 is 11.6. The van der Waals surface area contributed by atoms with E-state index in [4.69, 9.17) is 28.2 Å². The van der Waals surface area contributed by atoms with Crippen LogP contribution in [0.3, 0.4) is 0 Å². The van der Waals surface area contributed by atoms with Crippen LogP contribution in [0, 0.1) is 0 Å². The number of halogens is 1.